The van der Waals surface area contributed by atoms with Gasteiger partial charge >= 0.3 is 0 Å². The van der Waals surface area contributed by atoms with Crippen LogP contribution >= 0.6 is 0 Å². The van der Waals surface area contributed by atoms with Gasteiger partial charge in [-0.3, -0.25) is 24.6 Å². The van der Waals surface area contributed by atoms with Crippen molar-refractivity contribution in [1.29, 1.82) is 0 Å². The number of nitro groups is 1. The molecular weight excluding hydrogens is 410 g/mol. The van der Waals surface area contributed by atoms with E-state index in [1.54, 1.807) is 12.1 Å². The molecule has 0 aliphatic carbocycles. The highest BCUT2D eigenvalue weighted by molar-refractivity contribution is 5.96. The standard InChI is InChI=1S/C23H29N5O4/c1-17(2)25-23(30)19-8-9-20(21(14-19)28(31)32)27-12-10-26(11-13-27)16-22(29)24-15-18-6-4-3-5-7-18/h3-9,14,17H,10-13,15-16H2,1-2H3,(H,24,29)(H,25,30). The van der Waals surface area contributed by atoms with Crippen LogP contribution in [0.15, 0.2) is 48.5 Å². The van der Waals surface area contributed by atoms with Crippen LogP contribution in [0.1, 0.15) is 29.8 Å². The molecule has 9 heteroatoms. The van der Waals surface area contributed by atoms with Crippen LogP contribution in [-0.2, 0) is 11.3 Å². The van der Waals surface area contributed by atoms with Crippen LogP contribution in [-0.4, -0.2) is 60.4 Å². The van der Waals surface area contributed by atoms with E-state index in [1.165, 1.54) is 6.07 Å². The van der Waals surface area contributed by atoms with Crippen LogP contribution < -0.4 is 15.5 Å². The van der Waals surface area contributed by atoms with Gasteiger partial charge in [-0.2, -0.15) is 0 Å². The van der Waals surface area contributed by atoms with Gasteiger partial charge in [0.05, 0.1) is 11.5 Å². The van der Waals surface area contributed by atoms with Crippen LogP contribution in [0, 0.1) is 10.1 Å². The third kappa shape index (κ3) is 6.27. The van der Waals surface area contributed by atoms with Crippen molar-refractivity contribution in [2.45, 2.75) is 26.4 Å². The van der Waals surface area contributed by atoms with Crippen LogP contribution in [0.2, 0.25) is 0 Å². The van der Waals surface area contributed by atoms with Crippen molar-refractivity contribution in [1.82, 2.24) is 15.5 Å². The summed E-state index contributed by atoms with van der Waals surface area (Å²) in [5.74, 6) is -0.380. The zero-order valence-electron chi connectivity index (χ0n) is 18.4. The number of anilines is 1. The van der Waals surface area contributed by atoms with E-state index < -0.39 is 4.92 Å². The number of nitrogens with zero attached hydrogens (tertiary/aromatic N) is 3. The highest BCUT2D eigenvalue weighted by atomic mass is 16.6. The fourth-order valence-electron chi connectivity index (χ4n) is 3.63. The zero-order valence-corrected chi connectivity index (χ0v) is 18.4. The van der Waals surface area contributed by atoms with Gasteiger partial charge < -0.3 is 15.5 Å². The number of nitro benzene ring substituents is 1. The van der Waals surface area contributed by atoms with Crippen molar-refractivity contribution in [2.24, 2.45) is 0 Å². The number of benzene rings is 2. The van der Waals surface area contributed by atoms with E-state index in [9.17, 15) is 19.7 Å². The van der Waals surface area contributed by atoms with Crippen LogP contribution in [0.5, 0.6) is 0 Å². The molecule has 1 saturated heterocycles. The molecule has 2 N–H and O–H groups in total. The van der Waals surface area contributed by atoms with Crippen molar-refractivity contribution in [3.05, 3.63) is 69.8 Å². The normalized spacial score (nSPS) is 14.3. The maximum atomic E-state index is 12.3. The van der Waals surface area contributed by atoms with Gasteiger partial charge in [0, 0.05) is 50.4 Å². The minimum Gasteiger partial charge on any atom is -0.363 e. The fraction of sp³-hybridized carbons (Fsp3) is 0.391. The Bertz CT molecular complexity index is 956. The average molecular weight is 440 g/mol. The van der Waals surface area contributed by atoms with E-state index >= 15 is 0 Å². The van der Waals surface area contributed by atoms with Crippen molar-refractivity contribution in [2.75, 3.05) is 37.6 Å². The van der Waals surface area contributed by atoms with Crippen LogP contribution in [0.25, 0.3) is 0 Å². The summed E-state index contributed by atoms with van der Waals surface area (Å²) in [7, 11) is 0. The number of nitrogens with one attached hydrogen (secondary N) is 2. The molecule has 3 rings (SSSR count). The summed E-state index contributed by atoms with van der Waals surface area (Å²) < 4.78 is 0. The molecule has 1 heterocycles. The molecule has 0 bridgehead atoms. The smallest absolute Gasteiger partial charge is 0.293 e. The van der Waals surface area contributed by atoms with Gasteiger partial charge in [0.2, 0.25) is 5.91 Å². The Morgan fingerprint density at radius 2 is 1.75 bits per heavy atom. The lowest BCUT2D eigenvalue weighted by atomic mass is 10.1. The highest BCUT2D eigenvalue weighted by Gasteiger charge is 2.26. The lowest BCUT2D eigenvalue weighted by Gasteiger charge is -2.35. The van der Waals surface area contributed by atoms with E-state index in [1.807, 2.05) is 54.0 Å². The molecule has 9 nitrogen and oxygen atoms in total. The zero-order chi connectivity index (χ0) is 23.1. The quantitative estimate of drug-likeness (QED) is 0.482. The van der Waals surface area contributed by atoms with Gasteiger partial charge in [-0.15, -0.1) is 0 Å². The Morgan fingerprint density at radius 3 is 2.38 bits per heavy atom. The van der Waals surface area contributed by atoms with Crippen LogP contribution in [0.4, 0.5) is 11.4 Å². The summed E-state index contributed by atoms with van der Waals surface area (Å²) in [5, 5.41) is 17.3. The molecule has 32 heavy (non-hydrogen) atoms. The molecular formula is C23H29N5O4. The molecule has 1 aliphatic heterocycles. The van der Waals surface area contributed by atoms with Crippen molar-refractivity contribution < 1.29 is 14.5 Å². The molecule has 2 aromatic rings. The molecule has 0 saturated carbocycles. The topological polar surface area (TPSA) is 108 Å². The van der Waals surface area contributed by atoms with Gasteiger partial charge in [0.25, 0.3) is 11.6 Å². The summed E-state index contributed by atoms with van der Waals surface area (Å²) >= 11 is 0. The largest absolute Gasteiger partial charge is 0.363 e. The molecule has 1 aliphatic rings. The van der Waals surface area contributed by atoms with Crippen molar-refractivity contribution in [3.63, 3.8) is 0 Å². The molecule has 1 fully saturated rings. The Labute approximate surface area is 187 Å². The molecule has 2 aromatic carbocycles. The van der Waals surface area contributed by atoms with E-state index in [4.69, 9.17) is 0 Å². The maximum Gasteiger partial charge on any atom is 0.293 e. The Kier molecular flexibility index (Phi) is 7.77. The molecule has 2 amide bonds. The number of carbonyl (C=O) groups excluding carboxylic acids is 2. The lowest BCUT2D eigenvalue weighted by molar-refractivity contribution is -0.384. The third-order valence-corrected chi connectivity index (χ3v) is 5.27. The van der Waals surface area contributed by atoms with Gasteiger partial charge in [-0.25, -0.2) is 0 Å². The number of hydrogen-bond acceptors (Lipinski definition) is 6. The van der Waals surface area contributed by atoms with E-state index in [0.29, 0.717) is 38.4 Å². The first-order chi connectivity index (χ1) is 15.3. The Balaban J connectivity index is 1.56. The van der Waals surface area contributed by atoms with E-state index in [-0.39, 0.29) is 35.7 Å². The molecule has 0 radical (unpaired) electrons. The van der Waals surface area contributed by atoms with Crippen molar-refractivity contribution in [3.8, 4) is 0 Å². The Morgan fingerprint density at radius 1 is 1.06 bits per heavy atom. The molecule has 170 valence electrons. The summed E-state index contributed by atoms with van der Waals surface area (Å²) in [6.07, 6.45) is 0. The third-order valence-electron chi connectivity index (χ3n) is 5.27. The van der Waals surface area contributed by atoms with Crippen LogP contribution in [0.3, 0.4) is 0 Å². The monoisotopic (exact) mass is 439 g/mol. The molecule has 0 aromatic heterocycles. The highest BCUT2D eigenvalue weighted by Crippen LogP contribution is 2.30. The van der Waals surface area contributed by atoms with E-state index in [0.717, 1.165) is 5.56 Å². The first kappa shape index (κ1) is 23.2. The fourth-order valence-corrected chi connectivity index (χ4v) is 3.63. The number of amides is 2. The number of rotatable bonds is 8. The predicted molar refractivity (Wildman–Crippen MR) is 123 cm³/mol. The summed E-state index contributed by atoms with van der Waals surface area (Å²) in [6.45, 7) is 6.80. The minimum absolute atomic E-state index is 0.0474. The first-order valence-electron chi connectivity index (χ1n) is 10.7. The summed E-state index contributed by atoms with van der Waals surface area (Å²) in [4.78, 5) is 39.6. The average Bonchev–Trinajstić information content (AvgIpc) is 2.78. The SMILES string of the molecule is CC(C)NC(=O)c1ccc(N2CCN(CC(=O)NCc3ccccc3)CC2)c([N+](=O)[O-])c1. The second kappa shape index (κ2) is 10.7. The maximum absolute atomic E-state index is 12.3. The van der Waals surface area contributed by atoms with Crippen molar-refractivity contribution >= 4 is 23.2 Å². The Hall–Kier alpha value is -3.46. The molecule has 0 atom stereocenters. The minimum atomic E-state index is -0.453. The number of piperazine rings is 1. The number of hydrogen-bond donors (Lipinski definition) is 2. The van der Waals surface area contributed by atoms with Gasteiger partial charge in [-0.1, -0.05) is 30.3 Å². The summed E-state index contributed by atoms with van der Waals surface area (Å²) in [5.41, 5.74) is 1.71. The molecule has 0 spiro atoms. The predicted octanol–water partition coefficient (Wildman–Crippen LogP) is 2.17. The first-order valence-corrected chi connectivity index (χ1v) is 10.7. The molecule has 0 unspecified atom stereocenters. The van der Waals surface area contributed by atoms with Gasteiger partial charge in [0.1, 0.15) is 5.69 Å². The second-order valence-electron chi connectivity index (χ2n) is 8.11. The van der Waals surface area contributed by atoms with E-state index in [2.05, 4.69) is 10.6 Å². The van der Waals surface area contributed by atoms with Gasteiger partial charge in [-0.05, 0) is 31.5 Å². The summed E-state index contributed by atoms with van der Waals surface area (Å²) in [6, 6.07) is 14.2. The van der Waals surface area contributed by atoms with Gasteiger partial charge in [0.15, 0.2) is 0 Å². The number of carbonyl (C=O) groups is 2. The lowest BCUT2D eigenvalue weighted by Crippen LogP contribution is -2.49. The second-order valence-corrected chi connectivity index (χ2v) is 8.11.